The molecular formula is C16H36NaO5P. The topological polar surface area (TPSA) is 89.8 Å². The Bertz CT molecular complexity index is 247. The van der Waals surface area contributed by atoms with Crippen LogP contribution in [0.1, 0.15) is 90.9 Å². The van der Waals surface area contributed by atoms with Crippen molar-refractivity contribution in [3.05, 3.63) is 0 Å². The van der Waals surface area contributed by atoms with Crippen LogP contribution in [0.15, 0.2) is 0 Å². The van der Waals surface area contributed by atoms with Gasteiger partial charge in [-0.3, -0.25) is 4.57 Å². The van der Waals surface area contributed by atoms with Crippen molar-refractivity contribution in [2.24, 2.45) is 0 Å². The molecule has 0 aliphatic heterocycles. The van der Waals surface area contributed by atoms with Crippen LogP contribution < -0.4 is 34.5 Å². The summed E-state index contributed by atoms with van der Waals surface area (Å²) in [5.74, 6) is 0. The molecule has 0 radical (unpaired) electrons. The first kappa shape index (κ1) is 28.9. The van der Waals surface area contributed by atoms with E-state index >= 15 is 0 Å². The maximum atomic E-state index is 10.3. The van der Waals surface area contributed by atoms with Gasteiger partial charge >= 0.3 is 29.6 Å². The molecule has 0 saturated heterocycles. The van der Waals surface area contributed by atoms with Gasteiger partial charge in [-0.1, -0.05) is 78.1 Å². The van der Waals surface area contributed by atoms with Crippen LogP contribution in [0.25, 0.3) is 0 Å². The maximum Gasteiger partial charge on any atom is 1.00 e. The number of hydrogen-bond donors (Lipinski definition) is 2. The Hall–Kier alpha value is 1.07. The van der Waals surface area contributed by atoms with Gasteiger partial charge in [0.2, 0.25) is 0 Å². The summed E-state index contributed by atoms with van der Waals surface area (Å²) >= 11 is 0. The summed E-state index contributed by atoms with van der Waals surface area (Å²) in [5.41, 5.74) is 0. The van der Waals surface area contributed by atoms with Gasteiger partial charge in [-0.15, -0.1) is 0 Å². The van der Waals surface area contributed by atoms with Crippen LogP contribution in [0.2, 0.25) is 0 Å². The molecule has 0 aromatic heterocycles. The number of aliphatic hydroxyl groups excluding tert-OH is 1. The van der Waals surface area contributed by atoms with E-state index in [2.05, 4.69) is 18.4 Å². The molecule has 0 bridgehead atoms. The Kier molecular flexibility index (Phi) is 28.9. The quantitative estimate of drug-likeness (QED) is 0.275. The van der Waals surface area contributed by atoms with Gasteiger partial charge < -0.3 is 19.4 Å². The Morgan fingerprint density at radius 3 is 1.52 bits per heavy atom. The van der Waals surface area contributed by atoms with E-state index in [0.717, 1.165) is 25.7 Å². The van der Waals surface area contributed by atoms with Crippen molar-refractivity contribution < 1.29 is 53.5 Å². The predicted molar refractivity (Wildman–Crippen MR) is 89.6 cm³/mol. The number of phosphoric acid groups is 1. The summed E-state index contributed by atoms with van der Waals surface area (Å²) < 4.78 is 14.5. The Balaban J connectivity index is -0.000000578. The van der Waals surface area contributed by atoms with Crippen molar-refractivity contribution in [1.29, 1.82) is 0 Å². The number of rotatable bonds is 14. The molecule has 0 heterocycles. The second-order valence-electron chi connectivity index (χ2n) is 5.56. The van der Waals surface area contributed by atoms with Crippen LogP contribution in [0.3, 0.4) is 0 Å². The third-order valence-corrected chi connectivity index (χ3v) is 3.77. The normalized spacial score (nSPS) is 12.7. The summed E-state index contributed by atoms with van der Waals surface area (Å²) in [6.07, 6.45) is 13.9. The Morgan fingerprint density at radius 1 is 0.826 bits per heavy atom. The van der Waals surface area contributed by atoms with Crippen LogP contribution in [0.4, 0.5) is 0 Å². The predicted octanol–water partition coefficient (Wildman–Crippen LogP) is 1.17. The molecule has 0 fully saturated rings. The van der Waals surface area contributed by atoms with Crippen molar-refractivity contribution in [2.45, 2.75) is 90.9 Å². The number of phosphoric ester groups is 1. The minimum atomic E-state index is -4.49. The minimum Gasteiger partial charge on any atom is -0.756 e. The molecule has 1 atom stereocenters. The molecule has 23 heavy (non-hydrogen) atoms. The van der Waals surface area contributed by atoms with E-state index in [-0.39, 0.29) is 36.2 Å². The summed E-state index contributed by atoms with van der Waals surface area (Å²) in [7, 11) is -4.49. The van der Waals surface area contributed by atoms with Crippen LogP contribution in [-0.4, -0.2) is 23.2 Å². The maximum absolute atomic E-state index is 10.3. The van der Waals surface area contributed by atoms with E-state index in [1.807, 2.05) is 0 Å². The Labute approximate surface area is 165 Å². The van der Waals surface area contributed by atoms with Crippen molar-refractivity contribution >= 4 is 7.82 Å². The molecule has 136 valence electrons. The van der Waals surface area contributed by atoms with Gasteiger partial charge in [0.25, 0.3) is 7.82 Å². The first-order chi connectivity index (χ1) is 10.5. The molecule has 0 aromatic carbocycles. The molecule has 7 heteroatoms. The van der Waals surface area contributed by atoms with Gasteiger partial charge in [0.05, 0.1) is 6.61 Å². The van der Waals surface area contributed by atoms with Crippen molar-refractivity contribution in [1.82, 2.24) is 0 Å². The fourth-order valence-electron chi connectivity index (χ4n) is 1.93. The third kappa shape index (κ3) is 35.1. The number of hydrogen-bond acceptors (Lipinski definition) is 4. The van der Waals surface area contributed by atoms with E-state index in [9.17, 15) is 9.46 Å². The molecule has 2 N–H and O–H groups in total. The zero-order valence-electron chi connectivity index (χ0n) is 15.5. The smallest absolute Gasteiger partial charge is 0.756 e. The van der Waals surface area contributed by atoms with E-state index in [4.69, 9.17) is 10.00 Å². The summed E-state index contributed by atoms with van der Waals surface area (Å²) in [4.78, 5) is 18.6. The van der Waals surface area contributed by atoms with Gasteiger partial charge in [0.1, 0.15) is 0 Å². The van der Waals surface area contributed by atoms with Gasteiger partial charge in [-0.2, -0.15) is 0 Å². The molecule has 0 aliphatic rings. The molecule has 0 rings (SSSR count). The number of aliphatic hydroxyl groups is 1. The molecule has 0 aliphatic carbocycles. The average molecular weight is 362 g/mol. The molecule has 0 aromatic rings. The minimum absolute atomic E-state index is 0. The monoisotopic (exact) mass is 362 g/mol. The fraction of sp³-hybridized carbons (Fsp3) is 1.00. The Morgan fingerprint density at radius 2 is 1.22 bits per heavy atom. The van der Waals surface area contributed by atoms with Gasteiger partial charge in [-0.05, 0) is 12.8 Å². The largest absolute Gasteiger partial charge is 1.00 e. The molecule has 0 saturated carbocycles. The van der Waals surface area contributed by atoms with Gasteiger partial charge in [-0.25, -0.2) is 0 Å². The zero-order chi connectivity index (χ0) is 17.1. The van der Waals surface area contributed by atoms with E-state index in [1.54, 1.807) is 0 Å². The first-order valence-electron chi connectivity index (χ1n) is 8.77. The standard InChI is InChI=1S/C12H27O4P.C4H10O.Na/c1-2-3-4-5-6-7-8-9-10-11-12-16-17(13,14)15;1-2-3-4-5;/h2-12H2,1H3,(H2,13,14,15);5H,2-4H2,1H3;/q;;+1/p-1. The fourth-order valence-corrected chi connectivity index (χ4v) is 2.29. The van der Waals surface area contributed by atoms with Gasteiger partial charge in [0.15, 0.2) is 0 Å². The molecule has 1 unspecified atom stereocenters. The number of unbranched alkanes of at least 4 members (excludes halogenated alkanes) is 10. The van der Waals surface area contributed by atoms with E-state index < -0.39 is 7.82 Å². The SMILES string of the molecule is CCCCCCCCCCCCOP(=O)([O-])O.CCCCO.[Na+]. The molecule has 0 spiro atoms. The van der Waals surface area contributed by atoms with Crippen LogP contribution >= 0.6 is 7.82 Å². The molecule has 5 nitrogen and oxygen atoms in total. The van der Waals surface area contributed by atoms with E-state index in [0.29, 0.717) is 13.0 Å². The van der Waals surface area contributed by atoms with Crippen molar-refractivity contribution in [3.8, 4) is 0 Å². The zero-order valence-corrected chi connectivity index (χ0v) is 18.4. The summed E-state index contributed by atoms with van der Waals surface area (Å²) in [6.45, 7) is 4.72. The molecule has 0 amide bonds. The van der Waals surface area contributed by atoms with E-state index in [1.165, 1.54) is 44.9 Å². The second-order valence-corrected chi connectivity index (χ2v) is 6.76. The van der Waals surface area contributed by atoms with Gasteiger partial charge in [0, 0.05) is 6.61 Å². The van der Waals surface area contributed by atoms with Crippen LogP contribution in [0, 0.1) is 0 Å². The van der Waals surface area contributed by atoms with Crippen molar-refractivity contribution in [3.63, 3.8) is 0 Å². The third-order valence-electron chi connectivity index (χ3n) is 3.26. The average Bonchev–Trinajstić information content (AvgIpc) is 2.45. The summed E-state index contributed by atoms with van der Waals surface area (Å²) in [6, 6.07) is 0. The first-order valence-corrected chi connectivity index (χ1v) is 10.3. The second kappa shape index (κ2) is 23.1. The summed E-state index contributed by atoms with van der Waals surface area (Å²) in [5, 5.41) is 8.07. The van der Waals surface area contributed by atoms with Crippen molar-refractivity contribution in [2.75, 3.05) is 13.2 Å². The van der Waals surface area contributed by atoms with Crippen LogP contribution in [0.5, 0.6) is 0 Å². The van der Waals surface area contributed by atoms with Crippen LogP contribution in [-0.2, 0) is 9.09 Å². The molecular weight excluding hydrogens is 326 g/mol.